The summed E-state index contributed by atoms with van der Waals surface area (Å²) < 4.78 is 29.2. The van der Waals surface area contributed by atoms with Crippen molar-refractivity contribution in [3.05, 3.63) is 77.7 Å². The second-order valence-electron chi connectivity index (χ2n) is 6.85. The van der Waals surface area contributed by atoms with Crippen LogP contribution in [0, 0.1) is 5.82 Å². The van der Waals surface area contributed by atoms with Gasteiger partial charge in [-0.3, -0.25) is 4.99 Å². The summed E-state index contributed by atoms with van der Waals surface area (Å²) in [6.45, 7) is 1.26. The van der Waals surface area contributed by atoms with Crippen molar-refractivity contribution in [2.24, 2.45) is 4.99 Å². The van der Waals surface area contributed by atoms with Crippen molar-refractivity contribution in [1.82, 2.24) is 15.6 Å². The number of aliphatic imine (C=N–C) groups is 1. The van der Waals surface area contributed by atoms with Crippen molar-refractivity contribution in [1.29, 1.82) is 0 Å². The number of nitrogens with zero attached hydrogens (tertiary/aromatic N) is 2. The van der Waals surface area contributed by atoms with Crippen LogP contribution in [0.3, 0.4) is 0 Å². The highest BCUT2D eigenvalue weighted by atomic mass is 19.1. The highest BCUT2D eigenvalue weighted by Gasteiger charge is 2.05. The minimum atomic E-state index is -0.308. The van der Waals surface area contributed by atoms with Gasteiger partial charge in [0, 0.05) is 32.4 Å². The third-order valence-electron chi connectivity index (χ3n) is 4.67. The number of halogens is 1. The van der Waals surface area contributed by atoms with Crippen LogP contribution in [-0.4, -0.2) is 38.8 Å². The Bertz CT molecular complexity index is 1020. The van der Waals surface area contributed by atoms with E-state index in [1.54, 1.807) is 45.7 Å². The van der Waals surface area contributed by atoms with E-state index in [4.69, 9.17) is 14.2 Å². The Kier molecular flexibility index (Phi) is 8.25. The molecule has 1 heterocycles. The molecule has 3 rings (SSSR count). The lowest BCUT2D eigenvalue weighted by Crippen LogP contribution is -2.37. The Morgan fingerprint density at radius 1 is 0.938 bits per heavy atom. The predicted octanol–water partition coefficient (Wildman–Crippen LogP) is 3.94. The van der Waals surface area contributed by atoms with E-state index in [0.29, 0.717) is 42.2 Å². The molecule has 2 aromatic carbocycles. The minimum absolute atomic E-state index is 0.308. The minimum Gasteiger partial charge on any atom is -0.493 e. The molecule has 8 heteroatoms. The number of hydrogen-bond acceptors (Lipinski definition) is 5. The number of ether oxygens (including phenoxy) is 3. The van der Waals surface area contributed by atoms with Crippen molar-refractivity contribution in [3.63, 3.8) is 0 Å². The zero-order valence-corrected chi connectivity index (χ0v) is 18.4. The zero-order chi connectivity index (χ0) is 22.8. The van der Waals surface area contributed by atoms with Crippen molar-refractivity contribution >= 4 is 5.96 Å². The van der Waals surface area contributed by atoms with E-state index in [9.17, 15) is 4.39 Å². The third-order valence-corrected chi connectivity index (χ3v) is 4.67. The maximum Gasteiger partial charge on any atom is 0.219 e. The highest BCUT2D eigenvalue weighted by Crippen LogP contribution is 2.27. The molecule has 0 unspecified atom stereocenters. The molecule has 0 radical (unpaired) electrons. The monoisotopic (exact) mass is 438 g/mol. The molecular weight excluding hydrogens is 411 g/mol. The van der Waals surface area contributed by atoms with Crippen LogP contribution < -0.4 is 24.8 Å². The maximum atomic E-state index is 13.0. The zero-order valence-electron chi connectivity index (χ0n) is 18.4. The van der Waals surface area contributed by atoms with Crippen LogP contribution in [0.1, 0.15) is 11.1 Å². The first-order chi connectivity index (χ1) is 15.6. The molecule has 0 bridgehead atoms. The normalized spacial score (nSPS) is 11.1. The van der Waals surface area contributed by atoms with Crippen LogP contribution in [-0.2, 0) is 13.0 Å². The largest absolute Gasteiger partial charge is 0.493 e. The van der Waals surface area contributed by atoms with Gasteiger partial charge in [0.15, 0.2) is 17.5 Å². The molecule has 3 aromatic rings. The Morgan fingerprint density at radius 3 is 2.34 bits per heavy atom. The number of pyridine rings is 1. The lowest BCUT2D eigenvalue weighted by atomic mass is 10.1. The Labute approximate surface area is 187 Å². The fourth-order valence-electron chi connectivity index (χ4n) is 2.97. The van der Waals surface area contributed by atoms with Crippen molar-refractivity contribution < 1.29 is 18.6 Å². The molecule has 0 saturated carbocycles. The standard InChI is InChI=1S/C24H27FN4O3/c1-26-24(27-13-12-17-4-10-21(30-2)22(14-17)31-3)29-16-18-5-11-23(28-15-18)32-20-8-6-19(25)7-9-20/h4-11,14-15H,12-13,16H2,1-3H3,(H2,26,27,29). The SMILES string of the molecule is CN=C(NCCc1ccc(OC)c(OC)c1)NCc1ccc(Oc2ccc(F)cc2)nc1. The van der Waals surface area contributed by atoms with E-state index in [-0.39, 0.29) is 5.82 Å². The summed E-state index contributed by atoms with van der Waals surface area (Å²) in [5.74, 6) is 2.78. The molecule has 0 aliphatic heterocycles. The average Bonchev–Trinajstić information content (AvgIpc) is 2.83. The van der Waals surface area contributed by atoms with Gasteiger partial charge in [-0.2, -0.15) is 0 Å². The molecule has 0 saturated heterocycles. The van der Waals surface area contributed by atoms with Gasteiger partial charge in [-0.05, 0) is 53.9 Å². The molecule has 0 aliphatic carbocycles. The molecular formula is C24H27FN4O3. The number of rotatable bonds is 9. The van der Waals surface area contributed by atoms with Crippen LogP contribution in [0.4, 0.5) is 4.39 Å². The molecule has 0 atom stereocenters. The van der Waals surface area contributed by atoms with Crippen LogP contribution in [0.15, 0.2) is 65.8 Å². The molecule has 32 heavy (non-hydrogen) atoms. The Hall–Kier alpha value is -3.81. The van der Waals surface area contributed by atoms with Crippen molar-refractivity contribution in [2.75, 3.05) is 27.8 Å². The maximum absolute atomic E-state index is 13.0. The fraction of sp³-hybridized carbons (Fsp3) is 0.250. The molecule has 1 aromatic heterocycles. The number of benzene rings is 2. The number of methoxy groups -OCH3 is 2. The molecule has 0 amide bonds. The first-order valence-electron chi connectivity index (χ1n) is 10.1. The van der Waals surface area contributed by atoms with Gasteiger partial charge in [0.25, 0.3) is 0 Å². The number of aromatic nitrogens is 1. The third kappa shape index (κ3) is 6.60. The smallest absolute Gasteiger partial charge is 0.219 e. The fourth-order valence-corrected chi connectivity index (χ4v) is 2.97. The number of hydrogen-bond donors (Lipinski definition) is 2. The van der Waals surface area contributed by atoms with Gasteiger partial charge in [-0.25, -0.2) is 9.37 Å². The quantitative estimate of drug-likeness (QED) is 0.389. The van der Waals surface area contributed by atoms with E-state index < -0.39 is 0 Å². The van der Waals surface area contributed by atoms with Crippen molar-refractivity contribution in [2.45, 2.75) is 13.0 Å². The molecule has 2 N–H and O–H groups in total. The molecule has 168 valence electrons. The summed E-state index contributed by atoms with van der Waals surface area (Å²) in [6, 6.07) is 15.4. The summed E-state index contributed by atoms with van der Waals surface area (Å²) >= 11 is 0. The highest BCUT2D eigenvalue weighted by molar-refractivity contribution is 5.79. The molecule has 0 aliphatic rings. The molecule has 0 spiro atoms. The van der Waals surface area contributed by atoms with E-state index >= 15 is 0 Å². The van der Waals surface area contributed by atoms with E-state index in [1.807, 2.05) is 24.3 Å². The van der Waals surface area contributed by atoms with Crippen LogP contribution in [0.25, 0.3) is 0 Å². The summed E-state index contributed by atoms with van der Waals surface area (Å²) in [6.07, 6.45) is 2.53. The summed E-state index contributed by atoms with van der Waals surface area (Å²) in [4.78, 5) is 8.54. The second kappa shape index (κ2) is 11.5. The van der Waals surface area contributed by atoms with Crippen LogP contribution in [0.2, 0.25) is 0 Å². The van der Waals surface area contributed by atoms with Crippen LogP contribution in [0.5, 0.6) is 23.1 Å². The lowest BCUT2D eigenvalue weighted by molar-refractivity contribution is 0.354. The van der Waals surface area contributed by atoms with Crippen LogP contribution >= 0.6 is 0 Å². The Balaban J connectivity index is 1.45. The summed E-state index contributed by atoms with van der Waals surface area (Å²) in [5, 5.41) is 6.55. The topological polar surface area (TPSA) is 77.0 Å². The van der Waals surface area contributed by atoms with Gasteiger partial charge in [0.2, 0.25) is 5.88 Å². The van der Waals surface area contributed by atoms with Gasteiger partial charge in [0.1, 0.15) is 11.6 Å². The lowest BCUT2D eigenvalue weighted by Gasteiger charge is -2.13. The van der Waals surface area contributed by atoms with Gasteiger partial charge >= 0.3 is 0 Å². The average molecular weight is 439 g/mol. The number of nitrogens with one attached hydrogen (secondary N) is 2. The van der Waals surface area contributed by atoms with Crippen molar-refractivity contribution in [3.8, 4) is 23.1 Å². The predicted molar refractivity (Wildman–Crippen MR) is 122 cm³/mol. The Morgan fingerprint density at radius 2 is 1.69 bits per heavy atom. The number of guanidine groups is 1. The molecule has 0 fully saturated rings. The first kappa shape index (κ1) is 22.9. The summed E-state index contributed by atoms with van der Waals surface area (Å²) in [7, 11) is 4.97. The van der Waals surface area contributed by atoms with Gasteiger partial charge < -0.3 is 24.8 Å². The molecule has 7 nitrogen and oxygen atoms in total. The first-order valence-corrected chi connectivity index (χ1v) is 10.1. The van der Waals surface area contributed by atoms with Gasteiger partial charge in [-0.1, -0.05) is 12.1 Å². The van der Waals surface area contributed by atoms with E-state index in [0.717, 1.165) is 17.5 Å². The van der Waals surface area contributed by atoms with Gasteiger partial charge in [0.05, 0.1) is 14.2 Å². The van der Waals surface area contributed by atoms with Gasteiger partial charge in [-0.15, -0.1) is 0 Å². The second-order valence-corrected chi connectivity index (χ2v) is 6.85. The summed E-state index contributed by atoms with van der Waals surface area (Å²) in [5.41, 5.74) is 2.10. The van der Waals surface area contributed by atoms with E-state index in [2.05, 4.69) is 20.6 Å². The van der Waals surface area contributed by atoms with E-state index in [1.165, 1.54) is 12.1 Å².